The monoisotopic (exact) mass is 381 g/mol. The predicted octanol–water partition coefficient (Wildman–Crippen LogP) is 3.06. The third-order valence-corrected chi connectivity index (χ3v) is 4.23. The summed E-state index contributed by atoms with van der Waals surface area (Å²) < 4.78 is 0. The summed E-state index contributed by atoms with van der Waals surface area (Å²) in [6.45, 7) is 6.40. The van der Waals surface area contributed by atoms with Crippen LogP contribution in [0.25, 0.3) is 0 Å². The van der Waals surface area contributed by atoms with Gasteiger partial charge in [0.2, 0.25) is 0 Å². The number of rotatable bonds is 9. The second kappa shape index (κ2) is 9.75. The van der Waals surface area contributed by atoms with Gasteiger partial charge in [0, 0.05) is 31.4 Å². The molecule has 0 atom stereocenters. The van der Waals surface area contributed by atoms with Crippen molar-refractivity contribution in [2.75, 3.05) is 18.5 Å². The first kappa shape index (κ1) is 21.2. The van der Waals surface area contributed by atoms with Crippen molar-refractivity contribution >= 4 is 24.0 Å². The molecule has 1 aromatic carbocycles. The third-order valence-electron chi connectivity index (χ3n) is 4.23. The number of hydrogen-bond donors (Lipinski definition) is 3. The molecule has 2 rings (SSSR count). The van der Waals surface area contributed by atoms with E-state index in [1.54, 1.807) is 43.0 Å². The van der Waals surface area contributed by atoms with Gasteiger partial charge in [0.05, 0.1) is 23.2 Å². The number of hydrogen-bond acceptors (Lipinski definition) is 6. The van der Waals surface area contributed by atoms with Crippen LogP contribution < -0.4 is 5.43 Å². The number of anilines is 1. The molecular formula is C21H27N5O2. The number of benzene rings is 1. The van der Waals surface area contributed by atoms with Crippen molar-refractivity contribution in [2.45, 2.75) is 32.8 Å². The smallest absolute Gasteiger partial charge is 0.256 e. The Morgan fingerprint density at radius 3 is 2.71 bits per heavy atom. The van der Waals surface area contributed by atoms with Crippen LogP contribution in [0.1, 0.15) is 42.5 Å². The van der Waals surface area contributed by atoms with Gasteiger partial charge >= 0.3 is 0 Å². The molecule has 28 heavy (non-hydrogen) atoms. The minimum atomic E-state index is -1.00. The van der Waals surface area contributed by atoms with Gasteiger partial charge in [0.1, 0.15) is 5.60 Å². The molecule has 0 bridgehead atoms. The minimum Gasteiger partial charge on any atom is -0.384 e. The fourth-order valence-corrected chi connectivity index (χ4v) is 2.69. The van der Waals surface area contributed by atoms with Crippen molar-refractivity contribution < 1.29 is 9.90 Å². The lowest BCUT2D eigenvalue weighted by molar-refractivity contribution is 0.0728. The van der Waals surface area contributed by atoms with Crippen LogP contribution in [0.3, 0.4) is 0 Å². The maximum absolute atomic E-state index is 13.0. The van der Waals surface area contributed by atoms with E-state index >= 15 is 0 Å². The molecule has 148 valence electrons. The molecular weight excluding hydrogens is 354 g/mol. The molecule has 2 aromatic rings. The van der Waals surface area contributed by atoms with Crippen LogP contribution in [0.2, 0.25) is 0 Å². The van der Waals surface area contributed by atoms with Crippen LogP contribution >= 0.6 is 0 Å². The Labute approximate surface area is 165 Å². The summed E-state index contributed by atoms with van der Waals surface area (Å²) in [4.78, 5) is 19.3. The van der Waals surface area contributed by atoms with Gasteiger partial charge in [-0.15, -0.1) is 0 Å². The molecule has 1 amide bonds. The van der Waals surface area contributed by atoms with Crippen molar-refractivity contribution in [1.82, 2.24) is 9.88 Å². The van der Waals surface area contributed by atoms with Gasteiger partial charge in [-0.05, 0) is 45.0 Å². The van der Waals surface area contributed by atoms with Crippen molar-refractivity contribution in [1.29, 1.82) is 5.41 Å². The van der Waals surface area contributed by atoms with Gasteiger partial charge in [-0.1, -0.05) is 18.2 Å². The number of likely N-dealkylation sites (N-methyl/N-ethyl adjacent to an activating group) is 1. The van der Waals surface area contributed by atoms with E-state index < -0.39 is 5.60 Å². The number of carbonyl (C=O) groups is 1. The number of carbonyl (C=O) groups excluding carboxylic acids is 1. The fourth-order valence-electron chi connectivity index (χ4n) is 2.69. The number of pyridine rings is 1. The van der Waals surface area contributed by atoms with Crippen LogP contribution in [0.5, 0.6) is 0 Å². The Bertz CT molecular complexity index is 843. The average Bonchev–Trinajstić information content (AvgIpc) is 2.68. The van der Waals surface area contributed by atoms with Gasteiger partial charge in [-0.3, -0.25) is 15.2 Å². The standard InChI is InChI=1S/C21H27N5O2/c1-4-26(15-12-16-8-7-11-19(24-16)21(2,3)28)20(27)17-9-5-6-10-18(17)25-23-14-13-22/h5-11,13-14,22,25,28H,4,12,15H2,1-3H3/b22-13?,23-14-. The predicted molar refractivity (Wildman–Crippen MR) is 112 cm³/mol. The number of para-hydroxylation sites is 1. The molecule has 0 aliphatic heterocycles. The maximum atomic E-state index is 13.0. The molecule has 0 saturated heterocycles. The van der Waals surface area contributed by atoms with E-state index in [0.717, 1.165) is 11.9 Å². The van der Waals surface area contributed by atoms with E-state index in [4.69, 9.17) is 5.41 Å². The van der Waals surface area contributed by atoms with E-state index in [1.807, 2.05) is 25.1 Å². The van der Waals surface area contributed by atoms with Gasteiger partial charge in [0.15, 0.2) is 0 Å². The van der Waals surface area contributed by atoms with Crippen molar-refractivity contribution in [3.63, 3.8) is 0 Å². The number of aromatic nitrogens is 1. The molecule has 1 aromatic heterocycles. The maximum Gasteiger partial charge on any atom is 0.256 e. The molecule has 0 spiro atoms. The zero-order valence-corrected chi connectivity index (χ0v) is 16.5. The van der Waals surface area contributed by atoms with Crippen LogP contribution in [-0.2, 0) is 12.0 Å². The second-order valence-electron chi connectivity index (χ2n) is 6.81. The number of amides is 1. The van der Waals surface area contributed by atoms with Crippen LogP contribution in [0, 0.1) is 5.41 Å². The highest BCUT2D eigenvalue weighted by atomic mass is 16.3. The largest absolute Gasteiger partial charge is 0.384 e. The average molecular weight is 381 g/mol. The van der Waals surface area contributed by atoms with Gasteiger partial charge < -0.3 is 15.4 Å². The molecule has 3 N–H and O–H groups in total. The summed E-state index contributed by atoms with van der Waals surface area (Å²) in [5.74, 6) is -0.103. The van der Waals surface area contributed by atoms with Crippen LogP contribution in [0.4, 0.5) is 5.69 Å². The molecule has 7 heteroatoms. The third kappa shape index (κ3) is 5.72. The Morgan fingerprint density at radius 1 is 1.29 bits per heavy atom. The molecule has 0 saturated carbocycles. The fraction of sp³-hybridized carbons (Fsp3) is 0.333. The second-order valence-corrected chi connectivity index (χ2v) is 6.81. The van der Waals surface area contributed by atoms with E-state index in [1.165, 1.54) is 6.21 Å². The molecule has 0 aliphatic carbocycles. The Hall–Kier alpha value is -3.06. The minimum absolute atomic E-state index is 0.103. The Kier molecular flexibility index (Phi) is 7.40. The SMILES string of the molecule is CCN(CCc1cccc(C(C)(C)O)n1)C(=O)c1ccccc1N/N=C\C=N. The summed E-state index contributed by atoms with van der Waals surface area (Å²) in [6.07, 6.45) is 2.95. The highest BCUT2D eigenvalue weighted by Crippen LogP contribution is 2.19. The highest BCUT2D eigenvalue weighted by Gasteiger charge is 2.19. The highest BCUT2D eigenvalue weighted by molar-refractivity contribution is 6.14. The number of nitrogens with one attached hydrogen (secondary N) is 2. The van der Waals surface area contributed by atoms with E-state index in [9.17, 15) is 9.90 Å². The lowest BCUT2D eigenvalue weighted by Crippen LogP contribution is -2.33. The molecule has 7 nitrogen and oxygen atoms in total. The molecule has 0 radical (unpaired) electrons. The Morgan fingerprint density at radius 2 is 2.04 bits per heavy atom. The lowest BCUT2D eigenvalue weighted by atomic mass is 10.0. The number of nitrogens with zero attached hydrogens (tertiary/aromatic N) is 3. The first-order chi connectivity index (χ1) is 13.4. The van der Waals surface area contributed by atoms with Crippen molar-refractivity contribution in [3.8, 4) is 0 Å². The van der Waals surface area contributed by atoms with E-state index in [-0.39, 0.29) is 5.91 Å². The molecule has 1 heterocycles. The topological polar surface area (TPSA) is 102 Å². The van der Waals surface area contributed by atoms with Crippen LogP contribution in [0.15, 0.2) is 47.6 Å². The first-order valence-electron chi connectivity index (χ1n) is 9.22. The molecule has 0 aliphatic rings. The Balaban J connectivity index is 2.13. The summed E-state index contributed by atoms with van der Waals surface area (Å²) in [6, 6.07) is 12.7. The number of hydrazone groups is 1. The van der Waals surface area contributed by atoms with E-state index in [2.05, 4.69) is 15.5 Å². The summed E-state index contributed by atoms with van der Waals surface area (Å²) in [5, 5.41) is 21.0. The zero-order chi connectivity index (χ0) is 20.6. The lowest BCUT2D eigenvalue weighted by Gasteiger charge is -2.22. The summed E-state index contributed by atoms with van der Waals surface area (Å²) in [7, 11) is 0. The molecule has 0 fully saturated rings. The van der Waals surface area contributed by atoms with Crippen molar-refractivity contribution in [2.24, 2.45) is 5.10 Å². The quantitative estimate of drug-likeness (QED) is 0.459. The van der Waals surface area contributed by atoms with Gasteiger partial charge in [-0.25, -0.2) is 0 Å². The first-order valence-corrected chi connectivity index (χ1v) is 9.22. The van der Waals surface area contributed by atoms with E-state index in [0.29, 0.717) is 36.5 Å². The molecule has 0 unspecified atom stereocenters. The zero-order valence-electron chi connectivity index (χ0n) is 16.5. The van der Waals surface area contributed by atoms with Crippen LogP contribution in [-0.4, -0.2) is 46.4 Å². The summed E-state index contributed by atoms with van der Waals surface area (Å²) >= 11 is 0. The normalized spacial score (nSPS) is 11.4. The number of aliphatic hydroxyl groups is 1. The van der Waals surface area contributed by atoms with Crippen molar-refractivity contribution in [3.05, 3.63) is 59.4 Å². The van der Waals surface area contributed by atoms with Gasteiger partial charge in [-0.2, -0.15) is 5.10 Å². The van der Waals surface area contributed by atoms with Gasteiger partial charge in [0.25, 0.3) is 5.91 Å². The summed E-state index contributed by atoms with van der Waals surface area (Å²) in [5.41, 5.74) is 4.34.